The van der Waals surface area contributed by atoms with Crippen LogP contribution in [0.15, 0.2) is 115 Å². The first kappa shape index (κ1) is 97.3. The molecule has 0 radical (unpaired) electrons. The molecule has 39 heteroatoms. The van der Waals surface area contributed by atoms with Crippen LogP contribution in [0, 0.1) is 33.2 Å². The number of carbonyl (C=O) groups excluding carboxylic acids is 6. The van der Waals surface area contributed by atoms with E-state index in [1.165, 1.54) is 62.7 Å². The predicted octanol–water partition coefficient (Wildman–Crippen LogP) is 8.82. The van der Waals surface area contributed by atoms with E-state index in [1.54, 1.807) is 57.5 Å². The van der Waals surface area contributed by atoms with Gasteiger partial charge in [0.25, 0.3) is 5.91 Å². The van der Waals surface area contributed by atoms with Gasteiger partial charge in [-0.15, -0.1) is 23.2 Å². The molecule has 17 N–H and O–H groups in total. The normalized spacial score (nSPS) is 25.6. The summed E-state index contributed by atoms with van der Waals surface area (Å²) in [6, 6.07) is 13.8. The Balaban J connectivity index is 0.000000154. The molecule has 2 aliphatic heterocycles. The number of carboxylic acids is 3. The molecule has 4 aromatic heterocycles. The number of rotatable bonds is 21. The number of ether oxygens (including phenoxy) is 4. The van der Waals surface area contributed by atoms with E-state index in [1.807, 2.05) is 42.3 Å². The van der Waals surface area contributed by atoms with Crippen LogP contribution >= 0.6 is 35.4 Å². The van der Waals surface area contributed by atoms with E-state index >= 15 is 0 Å². The number of aromatic nitrogens is 8. The van der Waals surface area contributed by atoms with Crippen molar-refractivity contribution in [2.75, 3.05) is 74.4 Å². The summed E-state index contributed by atoms with van der Waals surface area (Å²) in [5.41, 5.74) is 21.3. The zero-order valence-corrected chi connectivity index (χ0v) is 75.9. The number of aliphatic carboxylic acids is 3. The maximum absolute atomic E-state index is 14.1. The number of aliphatic hydroxyl groups is 3. The molecule has 8 aromatic rings. The van der Waals surface area contributed by atoms with E-state index in [2.05, 4.69) is 83.5 Å². The van der Waals surface area contributed by atoms with Crippen molar-refractivity contribution in [1.82, 2.24) is 50.1 Å². The van der Waals surface area contributed by atoms with Gasteiger partial charge in [-0.2, -0.15) is 9.97 Å². The Morgan fingerprint density at radius 3 is 2.12 bits per heavy atom. The molecule has 6 heterocycles. The Labute approximate surface area is 762 Å². The number of benzene rings is 4. The molecule has 3 fully saturated rings. The number of nitrogens with two attached hydrogens (primary N) is 3. The molecule has 2 bridgehead atoms. The summed E-state index contributed by atoms with van der Waals surface area (Å²) in [5, 5.41) is 84.4. The molecule has 16 rings (SSSR count). The number of phenolic OH excluding ortho intramolecular Hbond substituents is 2. The molecule has 4 aromatic carbocycles. The molecular weight excluding hydrogens is 1740 g/mol. The fourth-order valence-corrected chi connectivity index (χ4v) is 20.4. The van der Waals surface area contributed by atoms with Gasteiger partial charge in [0.2, 0.25) is 18.0 Å². The van der Waals surface area contributed by atoms with E-state index in [0.717, 1.165) is 66.0 Å². The smallest absolute Gasteiger partial charge is 0.326 e. The van der Waals surface area contributed by atoms with Crippen molar-refractivity contribution in [1.29, 1.82) is 0 Å². The topological polar surface area (TPSA) is 561 Å². The SMILES string of the molecule is C=C1C[C@H]2[C@@H]3C=C(C)C4=CC(=O)CC[C@]4(C)[C@H]3CC[C@]2(C)[C@@]1(OC(C)=O)C(C)=O.CN(Cc1cnc2nc(N)nc(N)c2n1)c1ccc(C(=O)N[C@@H](CCC(=O)O)C(=O)O)cc1.CO[C@@H]1C[C@](C)(O)Cc2cc3c(c(O)c21)C(=O)c1c(O)cc2c(c1C3=O)O[C@@H]1O[C@@]2(C)[C@H](O)[C@@H](N(C)C)[C@@H]1O.N[C@@H](Cc1ccc(N(CCCl)CCCl)cc1)C(=O)O.S=c1nc[nH]c2nc[nH]c12. The number of aromatic amines is 2. The van der Waals surface area contributed by atoms with E-state index in [9.17, 15) is 73.8 Å². The summed E-state index contributed by atoms with van der Waals surface area (Å²) >= 11 is 16.4. The summed E-state index contributed by atoms with van der Waals surface area (Å²) in [6.45, 7) is 18.7. The number of aliphatic hydroxyl groups excluding tert-OH is 2. The lowest BCUT2D eigenvalue weighted by molar-refractivity contribution is -0.311. The fraction of sp³-hybridized carbons (Fsp3) is 0.451. The number of amides is 1. The number of esters is 1. The average molecular weight is 1850 g/mol. The Morgan fingerprint density at radius 1 is 0.838 bits per heavy atom. The highest BCUT2D eigenvalue weighted by molar-refractivity contribution is 7.71. The standard InChI is InChI=1S/C28H31NO10.C25H32O4.C20H22N8O5.C13H18Cl2N2O2.C5H4N4S/c1-27(36)8-10-6-11-16(21(32)15(10)14(9-27)37-5)22(33)17-13(30)7-12-24(18(17)20(11)31)38-26-23(34)19(29(3)4)25(35)28(12,2)39-26;1-14-11-19-20(23(5)9-7-18(28)13-21(14)23)8-10-24(6)22(19)12-15(2)25(24,16(3)26)29-17(4)27;1-28(9-11-8-23-17-15(24-11)16(21)26-20(22)27-17)12-4-2-10(3-5-12)18(31)25-13(19(32)33)6-7-14(29)30;14-5-7-17(8-6-15)11-3-1-10(2-4-11)9-12(16)13(18)19;10-5-3-4(7-1-6-3)8-2-9-5/h6-7,14,19,23,25-26,30,32,34-36H,8-9H2,1-5H3;11,13,19-20,22H,2,7-10,12H2,1,3-6H3;2-5,8,13H,6-7,9H2,1H3,(H,25,31)(H,29,30)(H,32,33)(H4,21,22,23,26,27);1-4,12H,5-9,16H2,(H,18,19);1-2H,(H2,6,7,8,9,10)/t14-,19+,23+,25-,26-,27-,28-;19-,20+,22+,23-,24+,25+;13-;12-;/m1100./s1. The zero-order chi connectivity index (χ0) is 95.0. The van der Waals surface area contributed by atoms with Gasteiger partial charge < -0.3 is 107 Å². The third-order valence-electron chi connectivity index (χ3n) is 26.2. The van der Waals surface area contributed by atoms with Gasteiger partial charge in [-0.25, -0.2) is 24.7 Å². The van der Waals surface area contributed by atoms with Crippen LogP contribution in [0.25, 0.3) is 22.3 Å². The third kappa shape index (κ3) is 19.0. The number of H-pyrrole nitrogens is 2. The van der Waals surface area contributed by atoms with Crippen molar-refractivity contribution < 1.29 is 103 Å². The number of methoxy groups -OCH3 is 1. The molecule has 692 valence electrons. The van der Waals surface area contributed by atoms with Gasteiger partial charge in [0, 0.05) is 111 Å². The van der Waals surface area contributed by atoms with E-state index < -0.39 is 118 Å². The number of aromatic hydroxyl groups is 2. The second-order valence-electron chi connectivity index (χ2n) is 35.0. The summed E-state index contributed by atoms with van der Waals surface area (Å²) in [6.07, 6.45) is 8.26. The molecule has 36 nitrogen and oxygen atoms in total. The van der Waals surface area contributed by atoms with Gasteiger partial charge >= 0.3 is 23.9 Å². The lowest BCUT2D eigenvalue weighted by Gasteiger charge is -2.57. The molecule has 130 heavy (non-hydrogen) atoms. The van der Waals surface area contributed by atoms with Crippen molar-refractivity contribution >= 4 is 134 Å². The highest BCUT2D eigenvalue weighted by Crippen LogP contribution is 2.69. The van der Waals surface area contributed by atoms with Crippen LogP contribution in [-0.2, 0) is 68.0 Å². The molecule has 6 aliphatic carbocycles. The van der Waals surface area contributed by atoms with Crippen LogP contribution < -0.4 is 37.1 Å². The quantitative estimate of drug-likeness (QED) is 0.0138. The highest BCUT2D eigenvalue weighted by Gasteiger charge is 2.70. The van der Waals surface area contributed by atoms with Gasteiger partial charge in [0.15, 0.2) is 50.2 Å². The molecule has 2 saturated carbocycles. The molecule has 0 unspecified atom stereocenters. The van der Waals surface area contributed by atoms with Crippen LogP contribution in [0.4, 0.5) is 23.1 Å². The molecular formula is C91H107Cl2N15O21S. The lowest BCUT2D eigenvalue weighted by Crippen LogP contribution is -2.68. The summed E-state index contributed by atoms with van der Waals surface area (Å²) in [4.78, 5) is 146. The van der Waals surface area contributed by atoms with Crippen LogP contribution in [-0.4, -0.2) is 239 Å². The molecule has 15 atom stereocenters. The Hall–Kier alpha value is -11.8. The molecule has 1 saturated heterocycles. The van der Waals surface area contributed by atoms with Crippen molar-refractivity contribution in [3.63, 3.8) is 0 Å². The van der Waals surface area contributed by atoms with Crippen LogP contribution in [0.2, 0.25) is 0 Å². The summed E-state index contributed by atoms with van der Waals surface area (Å²) in [5.74, 6) is -4.78. The number of fused-ring (bicyclic) bond motifs is 15. The van der Waals surface area contributed by atoms with Gasteiger partial charge in [-0.1, -0.05) is 56.4 Å². The Kier molecular flexibility index (Phi) is 29.0. The number of alkyl halides is 2. The Bertz CT molecular complexity index is 5930. The van der Waals surface area contributed by atoms with Crippen LogP contribution in [0.3, 0.4) is 0 Å². The number of hydrogen-bond donors (Lipinski definition) is 14. The monoisotopic (exact) mass is 1850 g/mol. The van der Waals surface area contributed by atoms with E-state index in [0.29, 0.717) is 76.1 Å². The third-order valence-corrected chi connectivity index (χ3v) is 26.8. The molecule has 1 amide bonds. The minimum Gasteiger partial charge on any atom is -0.507 e. The van der Waals surface area contributed by atoms with Gasteiger partial charge in [0.1, 0.15) is 52.7 Å². The molecule has 8 aliphatic rings. The number of allylic oxidation sites excluding steroid dienone is 4. The van der Waals surface area contributed by atoms with Gasteiger partial charge in [-0.05, 0) is 180 Å². The number of hydrogen-bond acceptors (Lipinski definition) is 31. The largest absolute Gasteiger partial charge is 0.507 e. The van der Waals surface area contributed by atoms with Crippen molar-refractivity contribution in [3.05, 3.63) is 175 Å². The first-order valence-corrected chi connectivity index (χ1v) is 43.5. The summed E-state index contributed by atoms with van der Waals surface area (Å²) < 4.78 is 23.8. The van der Waals surface area contributed by atoms with Gasteiger partial charge in [0.05, 0.1) is 65.5 Å². The van der Waals surface area contributed by atoms with E-state index in [4.69, 9.17) is 81.8 Å². The number of likely N-dealkylation sites (N-methyl/N-ethyl adjacent to an activating group) is 1. The second kappa shape index (κ2) is 38.7. The first-order chi connectivity index (χ1) is 61.3. The number of phenols is 2. The number of ketones is 4. The number of carbonyl (C=O) groups is 9. The summed E-state index contributed by atoms with van der Waals surface area (Å²) in [7, 11) is 6.61. The number of halogens is 2. The van der Waals surface area contributed by atoms with Gasteiger partial charge in [-0.3, -0.25) is 38.4 Å². The van der Waals surface area contributed by atoms with Crippen LogP contribution in [0.1, 0.15) is 176 Å². The second-order valence-corrected chi connectivity index (χ2v) is 36.1. The minimum atomic E-state index is -1.50. The number of carboxylic acid groups (broad SMARTS) is 3. The average Bonchev–Trinajstić information content (AvgIpc) is 1.41. The number of Topliss-reactive ketones (excluding diaryl/α,β-unsaturated/α-hetero) is 1. The number of nitrogen functional groups attached to an aromatic ring is 2. The minimum absolute atomic E-state index is 0.0109. The maximum atomic E-state index is 14.1. The Morgan fingerprint density at radius 2 is 1.51 bits per heavy atom. The zero-order valence-electron chi connectivity index (χ0n) is 73.6. The maximum Gasteiger partial charge on any atom is 0.326 e. The number of imidazole rings is 1. The molecule has 0 spiro atoms. The van der Waals surface area contributed by atoms with Crippen molar-refractivity contribution in [2.45, 2.75) is 179 Å². The number of nitrogens with one attached hydrogen (secondary N) is 3. The van der Waals surface area contributed by atoms with Crippen molar-refractivity contribution in [2.24, 2.45) is 34.3 Å². The number of nitrogens with zero attached hydrogens (tertiary/aromatic N) is 9. The van der Waals surface area contributed by atoms with E-state index in [-0.39, 0.29) is 105 Å². The first-order valence-electron chi connectivity index (χ1n) is 42.0. The predicted molar refractivity (Wildman–Crippen MR) is 482 cm³/mol. The fourth-order valence-electron chi connectivity index (χ4n) is 19.8. The number of anilines is 4. The lowest BCUT2D eigenvalue weighted by atomic mass is 9.47. The van der Waals surface area contributed by atoms with Crippen molar-refractivity contribution in [3.8, 4) is 17.2 Å². The highest BCUT2D eigenvalue weighted by atomic mass is 35.5. The van der Waals surface area contributed by atoms with Crippen LogP contribution in [0.5, 0.6) is 17.2 Å².